The number of hydrogen-bond donors (Lipinski definition) is 0. The van der Waals surface area contributed by atoms with E-state index in [0.717, 1.165) is 0 Å². The molecule has 0 aromatic heterocycles. The molecule has 0 aromatic rings. The van der Waals surface area contributed by atoms with Crippen molar-refractivity contribution < 1.29 is 18.9 Å². The highest BCUT2D eigenvalue weighted by atomic mass is 16.9. The van der Waals surface area contributed by atoms with E-state index in [2.05, 4.69) is 10.5 Å². The van der Waals surface area contributed by atoms with Crippen LogP contribution in [0.3, 0.4) is 0 Å². The molecular weight excluding hydrogens is 160 g/mol. The first kappa shape index (κ1) is 11.2. The van der Waals surface area contributed by atoms with Crippen molar-refractivity contribution in [3.63, 3.8) is 0 Å². The van der Waals surface area contributed by atoms with Gasteiger partial charge in [-0.2, -0.15) is 0 Å². The smallest absolute Gasteiger partial charge is 0.311 e. The van der Waals surface area contributed by atoms with Crippen molar-refractivity contribution in [1.82, 2.24) is 0 Å². The number of rotatable bonds is 5. The van der Waals surface area contributed by atoms with E-state index in [1.54, 1.807) is 0 Å². The standard InChI is InChI=1S/C8H14O4/c1-9-7-5-6-8(10-2,11-3)12-4/h6-7H,1-4H3. The summed E-state index contributed by atoms with van der Waals surface area (Å²) in [6, 6.07) is 0. The second-order valence-electron chi connectivity index (χ2n) is 1.88. The maximum absolute atomic E-state index is 4.94. The molecule has 0 fully saturated rings. The molecule has 70 valence electrons. The molecule has 0 aliphatic rings. The molecule has 0 bridgehead atoms. The van der Waals surface area contributed by atoms with Gasteiger partial charge in [-0.05, 0) is 0 Å². The van der Waals surface area contributed by atoms with Crippen LogP contribution in [0.4, 0.5) is 0 Å². The minimum absolute atomic E-state index is 1.17. The predicted molar refractivity (Wildman–Crippen MR) is 43.4 cm³/mol. The summed E-state index contributed by atoms with van der Waals surface area (Å²) in [5.41, 5.74) is 2.68. The monoisotopic (exact) mass is 174 g/mol. The fraction of sp³-hybridized carbons (Fsp3) is 0.625. The van der Waals surface area contributed by atoms with Gasteiger partial charge in [0.2, 0.25) is 0 Å². The molecule has 0 amide bonds. The third-order valence-electron chi connectivity index (χ3n) is 1.30. The first-order valence-corrected chi connectivity index (χ1v) is 3.35. The maximum atomic E-state index is 4.94. The minimum atomic E-state index is -1.17. The molecule has 4 heteroatoms. The zero-order valence-electron chi connectivity index (χ0n) is 7.79. The van der Waals surface area contributed by atoms with Crippen LogP contribution in [0, 0.1) is 0 Å². The van der Waals surface area contributed by atoms with Crippen LogP contribution >= 0.6 is 0 Å². The Morgan fingerprint density at radius 1 is 1.00 bits per heavy atom. The number of hydrogen-bond acceptors (Lipinski definition) is 4. The zero-order chi connectivity index (χ0) is 9.45. The van der Waals surface area contributed by atoms with E-state index in [9.17, 15) is 0 Å². The van der Waals surface area contributed by atoms with Crippen LogP contribution in [0.15, 0.2) is 18.1 Å². The van der Waals surface area contributed by atoms with E-state index in [4.69, 9.17) is 14.2 Å². The van der Waals surface area contributed by atoms with Gasteiger partial charge >= 0.3 is 5.97 Å². The summed E-state index contributed by atoms with van der Waals surface area (Å²) in [4.78, 5) is 0. The lowest BCUT2D eigenvalue weighted by Gasteiger charge is -2.23. The molecule has 0 radical (unpaired) electrons. The molecule has 0 saturated carbocycles. The Morgan fingerprint density at radius 2 is 1.50 bits per heavy atom. The van der Waals surface area contributed by atoms with E-state index in [1.165, 1.54) is 40.8 Å². The van der Waals surface area contributed by atoms with Crippen LogP contribution < -0.4 is 0 Å². The molecule has 0 N–H and O–H groups in total. The van der Waals surface area contributed by atoms with E-state index < -0.39 is 5.97 Å². The van der Waals surface area contributed by atoms with Gasteiger partial charge < -0.3 is 18.9 Å². The molecular formula is C8H14O4. The molecule has 0 rings (SSSR count). The Bertz CT molecular complexity index is 158. The molecule has 0 spiro atoms. The summed E-state index contributed by atoms with van der Waals surface area (Å²) in [7, 11) is 5.93. The highest BCUT2D eigenvalue weighted by Crippen LogP contribution is 2.12. The van der Waals surface area contributed by atoms with Crippen LogP contribution in [0.25, 0.3) is 0 Å². The lowest BCUT2D eigenvalue weighted by atomic mass is 10.5. The second-order valence-corrected chi connectivity index (χ2v) is 1.88. The molecule has 0 atom stereocenters. The summed E-state index contributed by atoms with van der Waals surface area (Å²) in [5, 5.41) is 0. The fourth-order valence-corrected chi connectivity index (χ4v) is 0.631. The summed E-state index contributed by atoms with van der Waals surface area (Å²) in [5.74, 6) is -1.17. The fourth-order valence-electron chi connectivity index (χ4n) is 0.631. The van der Waals surface area contributed by atoms with Crippen molar-refractivity contribution in [2.24, 2.45) is 0 Å². The highest BCUT2D eigenvalue weighted by Gasteiger charge is 2.25. The molecule has 0 saturated heterocycles. The first-order chi connectivity index (χ1) is 5.74. The summed E-state index contributed by atoms with van der Waals surface area (Å²) in [6.45, 7) is 0. The van der Waals surface area contributed by atoms with E-state index in [-0.39, 0.29) is 0 Å². The Labute approximate surface area is 72.4 Å². The van der Waals surface area contributed by atoms with Gasteiger partial charge in [-0.1, -0.05) is 5.73 Å². The summed E-state index contributed by atoms with van der Waals surface area (Å²) >= 11 is 0. The van der Waals surface area contributed by atoms with Gasteiger partial charge in [-0.3, -0.25) is 0 Å². The van der Waals surface area contributed by atoms with Gasteiger partial charge in [0.25, 0.3) is 0 Å². The average Bonchev–Trinajstić information content (AvgIpc) is 2.14. The normalized spacial score (nSPS) is 10.3. The van der Waals surface area contributed by atoms with Crippen molar-refractivity contribution in [3.05, 3.63) is 18.1 Å². The maximum Gasteiger partial charge on any atom is 0.311 e. The Morgan fingerprint density at radius 3 is 1.83 bits per heavy atom. The Hall–Kier alpha value is -0.800. The minimum Gasteiger partial charge on any atom is -0.496 e. The van der Waals surface area contributed by atoms with Crippen LogP contribution in [0.1, 0.15) is 0 Å². The Kier molecular flexibility index (Phi) is 5.41. The molecule has 0 aliphatic heterocycles. The van der Waals surface area contributed by atoms with Gasteiger partial charge in [-0.15, -0.1) is 0 Å². The van der Waals surface area contributed by atoms with E-state index in [1.807, 2.05) is 0 Å². The van der Waals surface area contributed by atoms with Gasteiger partial charge in [0.05, 0.1) is 7.11 Å². The van der Waals surface area contributed by atoms with Gasteiger partial charge in [0.1, 0.15) is 6.26 Å². The lowest BCUT2D eigenvalue weighted by Crippen LogP contribution is -2.33. The second kappa shape index (κ2) is 5.80. The van der Waals surface area contributed by atoms with Crippen molar-refractivity contribution in [2.45, 2.75) is 5.97 Å². The number of methoxy groups -OCH3 is 4. The topological polar surface area (TPSA) is 36.9 Å². The van der Waals surface area contributed by atoms with E-state index >= 15 is 0 Å². The molecule has 0 heterocycles. The predicted octanol–water partition coefficient (Wildman–Crippen LogP) is 0.895. The lowest BCUT2D eigenvalue weighted by molar-refractivity contribution is -0.318. The van der Waals surface area contributed by atoms with Crippen LogP contribution in [0.5, 0.6) is 0 Å². The molecule has 0 aromatic carbocycles. The van der Waals surface area contributed by atoms with Crippen LogP contribution in [-0.2, 0) is 18.9 Å². The molecule has 0 unspecified atom stereocenters. The molecule has 4 nitrogen and oxygen atoms in total. The molecule has 0 aliphatic carbocycles. The third kappa shape index (κ3) is 3.07. The first-order valence-electron chi connectivity index (χ1n) is 3.35. The average molecular weight is 174 g/mol. The largest absolute Gasteiger partial charge is 0.496 e. The quantitative estimate of drug-likeness (QED) is 0.352. The van der Waals surface area contributed by atoms with Gasteiger partial charge in [0.15, 0.2) is 0 Å². The third-order valence-corrected chi connectivity index (χ3v) is 1.30. The van der Waals surface area contributed by atoms with Gasteiger partial charge in [0, 0.05) is 27.4 Å². The van der Waals surface area contributed by atoms with Crippen LogP contribution in [-0.4, -0.2) is 34.4 Å². The summed E-state index contributed by atoms with van der Waals surface area (Å²) < 4.78 is 19.5. The van der Waals surface area contributed by atoms with Crippen molar-refractivity contribution in [2.75, 3.05) is 28.4 Å². The van der Waals surface area contributed by atoms with Crippen LogP contribution in [0.2, 0.25) is 0 Å². The number of ether oxygens (including phenoxy) is 4. The van der Waals surface area contributed by atoms with Crippen molar-refractivity contribution in [1.29, 1.82) is 0 Å². The SMILES string of the molecule is COC=C=CC(OC)(OC)OC. The molecule has 12 heavy (non-hydrogen) atoms. The zero-order valence-corrected chi connectivity index (χ0v) is 7.79. The van der Waals surface area contributed by atoms with Crippen molar-refractivity contribution >= 4 is 0 Å². The highest BCUT2D eigenvalue weighted by molar-refractivity contribution is 4.88. The van der Waals surface area contributed by atoms with Gasteiger partial charge in [-0.25, -0.2) is 0 Å². The van der Waals surface area contributed by atoms with Crippen molar-refractivity contribution in [3.8, 4) is 0 Å². The van der Waals surface area contributed by atoms with E-state index in [0.29, 0.717) is 0 Å². The Balaban J connectivity index is 4.39. The summed E-state index contributed by atoms with van der Waals surface area (Å²) in [6.07, 6.45) is 2.84.